The van der Waals surface area contributed by atoms with Crippen LogP contribution in [0.5, 0.6) is 0 Å². The molecule has 0 amide bonds. The van der Waals surface area contributed by atoms with Gasteiger partial charge in [0, 0.05) is 5.69 Å². The molecule has 0 spiro atoms. The van der Waals surface area contributed by atoms with Gasteiger partial charge in [-0.3, -0.25) is 4.99 Å². The maximum atomic E-state index is 5.90. The Kier molecular flexibility index (Phi) is 5.95. The Balaban J connectivity index is 1.78. The molecule has 0 saturated carbocycles. The zero-order chi connectivity index (χ0) is 23.3. The number of thiocarbonyl (C=S) groups is 1. The molecule has 3 atom stereocenters. The summed E-state index contributed by atoms with van der Waals surface area (Å²) in [5, 5.41) is 4.26. The number of aromatic nitrogens is 2. The van der Waals surface area contributed by atoms with Crippen LogP contribution in [0.4, 0.5) is 5.69 Å². The second-order valence-electron chi connectivity index (χ2n) is 11.5. The number of anilines is 1. The van der Waals surface area contributed by atoms with Crippen molar-refractivity contribution in [1.82, 2.24) is 15.3 Å². The number of allylic oxidation sites excluding steroid dienone is 2. The molecule has 4 rings (SSSR count). The fourth-order valence-corrected chi connectivity index (χ4v) is 6.08. The summed E-state index contributed by atoms with van der Waals surface area (Å²) in [4.78, 5) is 15.2. The van der Waals surface area contributed by atoms with Gasteiger partial charge in [0.05, 0.1) is 28.9 Å². The monoisotopic (exact) mass is 451 g/mol. The minimum atomic E-state index is -0.179. The lowest BCUT2D eigenvalue weighted by Gasteiger charge is -2.37. The van der Waals surface area contributed by atoms with Crippen molar-refractivity contribution in [1.29, 1.82) is 0 Å². The van der Waals surface area contributed by atoms with Crippen LogP contribution in [0.2, 0.25) is 0 Å². The Hall–Kier alpha value is -2.21. The minimum absolute atomic E-state index is 0.0986. The number of fused-ring (bicyclic) bond motifs is 1. The number of hydrogen-bond donors (Lipinski definition) is 2. The van der Waals surface area contributed by atoms with Gasteiger partial charge in [-0.15, -0.1) is 0 Å². The summed E-state index contributed by atoms with van der Waals surface area (Å²) in [6.45, 7) is 15.9. The van der Waals surface area contributed by atoms with Gasteiger partial charge in [-0.1, -0.05) is 39.3 Å². The second-order valence-corrected chi connectivity index (χ2v) is 11.9. The molecular weight excluding hydrogens is 414 g/mol. The van der Waals surface area contributed by atoms with E-state index in [-0.39, 0.29) is 17.0 Å². The van der Waals surface area contributed by atoms with E-state index >= 15 is 0 Å². The third-order valence-corrected chi connectivity index (χ3v) is 6.88. The zero-order valence-electron chi connectivity index (χ0n) is 20.5. The van der Waals surface area contributed by atoms with Gasteiger partial charge in [-0.25, -0.2) is 4.98 Å². The number of H-pyrrole nitrogens is 1. The predicted octanol–water partition coefficient (Wildman–Crippen LogP) is 6.23. The number of nitrogens with one attached hydrogen (secondary N) is 2. The number of hydrogen-bond acceptors (Lipinski definition) is 3. The smallest absolute Gasteiger partial charge is 0.179 e. The molecule has 1 aromatic carbocycles. The molecule has 1 aromatic heterocycles. The molecule has 1 aliphatic heterocycles. The molecule has 2 N–H and O–H groups in total. The topological polar surface area (TPSA) is 56.3 Å². The molecule has 5 nitrogen and oxygen atoms in total. The number of aliphatic imine (C=N–C) groups is 1. The fraction of sp³-hybridized carbons (Fsp3) is 0.577. The van der Waals surface area contributed by atoms with Gasteiger partial charge in [-0.2, -0.15) is 0 Å². The summed E-state index contributed by atoms with van der Waals surface area (Å²) >= 11 is 5.90. The van der Waals surface area contributed by atoms with Crippen molar-refractivity contribution in [3.8, 4) is 0 Å². The molecule has 1 aliphatic carbocycles. The summed E-state index contributed by atoms with van der Waals surface area (Å²) in [5.41, 5.74) is 4.58. The number of amidine groups is 1. The first-order valence-electron chi connectivity index (χ1n) is 11.7. The van der Waals surface area contributed by atoms with Gasteiger partial charge in [0.15, 0.2) is 5.11 Å². The van der Waals surface area contributed by atoms with Crippen LogP contribution in [-0.2, 0) is 0 Å². The lowest BCUT2D eigenvalue weighted by molar-refractivity contribution is 0.286. The van der Waals surface area contributed by atoms with Crippen molar-refractivity contribution in [3.63, 3.8) is 0 Å². The SMILES string of the molecule is CC1=CC(C)C(C2/C(=N/C(C)(C)CC(C)(C)C)NC(=S)N2c2ccc3nc[nH]c3c2)CC1. The van der Waals surface area contributed by atoms with E-state index in [0.29, 0.717) is 11.8 Å². The fourth-order valence-electron chi connectivity index (χ4n) is 5.75. The van der Waals surface area contributed by atoms with Crippen molar-refractivity contribution in [2.45, 2.75) is 79.3 Å². The quantitative estimate of drug-likeness (QED) is 0.427. The molecule has 0 radical (unpaired) electrons. The second kappa shape index (κ2) is 8.29. The Morgan fingerprint density at radius 1 is 1.22 bits per heavy atom. The molecule has 0 bridgehead atoms. The summed E-state index contributed by atoms with van der Waals surface area (Å²) in [6, 6.07) is 6.44. The van der Waals surface area contributed by atoms with Gasteiger partial charge in [0.1, 0.15) is 5.84 Å². The Morgan fingerprint density at radius 3 is 2.66 bits per heavy atom. The third-order valence-electron chi connectivity index (χ3n) is 6.58. The first kappa shape index (κ1) is 23.0. The van der Waals surface area contributed by atoms with Crippen molar-refractivity contribution in [2.75, 3.05) is 4.90 Å². The van der Waals surface area contributed by atoms with Gasteiger partial charge < -0.3 is 15.2 Å². The summed E-state index contributed by atoms with van der Waals surface area (Å²) in [6.07, 6.45) is 7.45. The molecule has 32 heavy (non-hydrogen) atoms. The van der Waals surface area contributed by atoms with Crippen LogP contribution in [0.3, 0.4) is 0 Å². The van der Waals surface area contributed by atoms with Crippen LogP contribution < -0.4 is 10.2 Å². The Morgan fingerprint density at radius 2 is 1.97 bits per heavy atom. The Labute approximate surface area is 197 Å². The molecule has 2 heterocycles. The third kappa shape index (κ3) is 4.75. The van der Waals surface area contributed by atoms with Crippen LogP contribution >= 0.6 is 12.2 Å². The van der Waals surface area contributed by atoms with Crippen molar-refractivity contribution in [3.05, 3.63) is 36.2 Å². The molecular formula is C26H37N5S. The van der Waals surface area contributed by atoms with E-state index in [1.807, 2.05) is 0 Å². The Bertz CT molecular complexity index is 1070. The van der Waals surface area contributed by atoms with E-state index in [9.17, 15) is 0 Å². The number of aromatic amines is 1. The minimum Gasteiger partial charge on any atom is -0.345 e. The number of benzene rings is 1. The average Bonchev–Trinajstić information content (AvgIpc) is 3.22. The van der Waals surface area contributed by atoms with E-state index in [1.54, 1.807) is 6.33 Å². The zero-order valence-corrected chi connectivity index (χ0v) is 21.3. The molecule has 1 saturated heterocycles. The van der Waals surface area contributed by atoms with Crippen LogP contribution in [0.15, 0.2) is 41.2 Å². The van der Waals surface area contributed by atoms with E-state index < -0.39 is 0 Å². The average molecular weight is 452 g/mol. The normalized spacial score (nSPS) is 26.0. The first-order chi connectivity index (χ1) is 14.9. The standard InChI is InChI=1S/C26H37N5S/c1-16-8-10-19(17(2)12-16)22-23(30-26(6,7)14-25(3,4)5)29-24(32)31(22)18-9-11-20-21(13-18)28-15-27-20/h9,11-13,15,17,19,22H,8,10,14H2,1-7H3,(H,27,28)(H,29,30,32). The van der Waals surface area contributed by atoms with Crippen molar-refractivity contribution < 1.29 is 0 Å². The highest BCUT2D eigenvalue weighted by atomic mass is 32.1. The van der Waals surface area contributed by atoms with Crippen molar-refractivity contribution in [2.24, 2.45) is 22.2 Å². The molecule has 1 fully saturated rings. The van der Waals surface area contributed by atoms with E-state index in [2.05, 4.69) is 92.9 Å². The first-order valence-corrected chi connectivity index (χ1v) is 12.1. The molecule has 172 valence electrons. The van der Waals surface area contributed by atoms with Gasteiger partial charge in [0.25, 0.3) is 0 Å². The van der Waals surface area contributed by atoms with Crippen LogP contribution in [0, 0.1) is 17.3 Å². The highest BCUT2D eigenvalue weighted by Crippen LogP contribution is 2.39. The lowest BCUT2D eigenvalue weighted by Crippen LogP contribution is -2.45. The van der Waals surface area contributed by atoms with E-state index in [0.717, 1.165) is 46.9 Å². The number of imidazole rings is 1. The molecule has 3 unspecified atom stereocenters. The molecule has 2 aliphatic rings. The van der Waals surface area contributed by atoms with E-state index in [1.165, 1.54) is 5.57 Å². The summed E-state index contributed by atoms with van der Waals surface area (Å²) in [5.74, 6) is 1.91. The molecule has 6 heteroatoms. The van der Waals surface area contributed by atoms with Gasteiger partial charge in [0.2, 0.25) is 0 Å². The number of nitrogens with zero attached hydrogens (tertiary/aromatic N) is 3. The maximum Gasteiger partial charge on any atom is 0.179 e. The highest BCUT2D eigenvalue weighted by molar-refractivity contribution is 7.80. The van der Waals surface area contributed by atoms with Gasteiger partial charge >= 0.3 is 0 Å². The van der Waals surface area contributed by atoms with E-state index in [4.69, 9.17) is 17.2 Å². The summed E-state index contributed by atoms with van der Waals surface area (Å²) < 4.78 is 0. The lowest BCUT2D eigenvalue weighted by atomic mass is 9.76. The van der Waals surface area contributed by atoms with Gasteiger partial charge in [-0.05, 0) is 87.7 Å². The highest BCUT2D eigenvalue weighted by Gasteiger charge is 2.44. The largest absolute Gasteiger partial charge is 0.345 e. The van der Waals surface area contributed by atoms with Crippen LogP contribution in [0.1, 0.15) is 67.7 Å². The molecule has 2 aromatic rings. The number of rotatable bonds is 4. The maximum absolute atomic E-state index is 5.90. The van der Waals surface area contributed by atoms with Crippen LogP contribution in [0.25, 0.3) is 11.0 Å². The predicted molar refractivity (Wildman–Crippen MR) is 139 cm³/mol. The van der Waals surface area contributed by atoms with Crippen LogP contribution in [-0.4, -0.2) is 32.5 Å². The van der Waals surface area contributed by atoms with Crippen molar-refractivity contribution >= 4 is 39.9 Å². The summed E-state index contributed by atoms with van der Waals surface area (Å²) in [7, 11) is 0.